The van der Waals surface area contributed by atoms with E-state index in [-0.39, 0.29) is 11.7 Å². The molecule has 1 saturated carbocycles. The lowest BCUT2D eigenvalue weighted by Gasteiger charge is -2.28. The molecule has 2 aromatic rings. The predicted octanol–water partition coefficient (Wildman–Crippen LogP) is 1.75. The Hall–Kier alpha value is -2.18. The molecule has 1 saturated heterocycles. The average molecular weight is 340 g/mol. The highest BCUT2D eigenvalue weighted by Crippen LogP contribution is 2.50. The van der Waals surface area contributed by atoms with Crippen molar-refractivity contribution < 1.29 is 0 Å². The molecule has 2 aliphatic carbocycles. The SMILES string of the molecule is Cn1c(C2C(C3CC3)CCN2c2ncc3c(n2)CCCC3)n[nH]c1=O. The Morgan fingerprint density at radius 3 is 2.80 bits per heavy atom. The van der Waals surface area contributed by atoms with Gasteiger partial charge in [0.05, 0.1) is 6.04 Å². The lowest BCUT2D eigenvalue weighted by Crippen LogP contribution is -2.31. The number of rotatable bonds is 3. The van der Waals surface area contributed by atoms with E-state index in [1.165, 1.54) is 36.9 Å². The number of nitrogens with one attached hydrogen (secondary N) is 1. The van der Waals surface area contributed by atoms with Crippen molar-refractivity contribution in [1.29, 1.82) is 0 Å². The molecule has 0 amide bonds. The molecule has 3 heterocycles. The second-order valence-electron chi connectivity index (χ2n) is 7.72. The largest absolute Gasteiger partial charge is 0.343 e. The Kier molecular flexibility index (Phi) is 3.43. The van der Waals surface area contributed by atoms with Gasteiger partial charge in [0.25, 0.3) is 0 Å². The highest BCUT2D eigenvalue weighted by Gasteiger charge is 2.46. The van der Waals surface area contributed by atoms with E-state index in [9.17, 15) is 4.79 Å². The fraction of sp³-hybridized carbons (Fsp3) is 0.667. The van der Waals surface area contributed by atoms with E-state index in [0.717, 1.165) is 43.5 Å². The fourth-order valence-electron chi connectivity index (χ4n) is 4.62. The Morgan fingerprint density at radius 2 is 2.04 bits per heavy atom. The van der Waals surface area contributed by atoms with Crippen LogP contribution in [-0.4, -0.2) is 31.3 Å². The highest BCUT2D eigenvalue weighted by atomic mass is 16.1. The summed E-state index contributed by atoms with van der Waals surface area (Å²) in [5.41, 5.74) is 2.36. The number of hydrogen-bond donors (Lipinski definition) is 1. The van der Waals surface area contributed by atoms with Crippen molar-refractivity contribution in [3.8, 4) is 0 Å². The summed E-state index contributed by atoms with van der Waals surface area (Å²) in [4.78, 5) is 23.8. The molecule has 25 heavy (non-hydrogen) atoms. The lowest BCUT2D eigenvalue weighted by molar-refractivity contribution is 0.404. The minimum Gasteiger partial charge on any atom is -0.330 e. The van der Waals surface area contributed by atoms with Crippen molar-refractivity contribution in [3.63, 3.8) is 0 Å². The molecule has 5 rings (SSSR count). The maximum Gasteiger partial charge on any atom is 0.343 e. The van der Waals surface area contributed by atoms with E-state index in [0.29, 0.717) is 5.92 Å². The molecule has 2 unspecified atom stereocenters. The Labute approximate surface area is 146 Å². The fourth-order valence-corrected chi connectivity index (χ4v) is 4.62. The van der Waals surface area contributed by atoms with E-state index in [2.05, 4.69) is 20.1 Å². The first-order valence-electron chi connectivity index (χ1n) is 9.45. The zero-order valence-electron chi connectivity index (χ0n) is 14.6. The van der Waals surface area contributed by atoms with Crippen LogP contribution in [0.15, 0.2) is 11.0 Å². The van der Waals surface area contributed by atoms with Crippen LogP contribution < -0.4 is 10.6 Å². The number of H-pyrrole nitrogens is 1. The van der Waals surface area contributed by atoms with Crippen LogP contribution in [0.5, 0.6) is 0 Å². The molecule has 0 radical (unpaired) electrons. The van der Waals surface area contributed by atoms with Gasteiger partial charge in [-0.3, -0.25) is 4.57 Å². The maximum absolute atomic E-state index is 11.9. The standard InChI is InChI=1S/C18H24N6O/c1-23-16(21-22-18(23)25)15-13(11-6-7-11)8-9-24(15)17-19-10-12-4-2-3-5-14(12)20-17/h10-11,13,15H,2-9H2,1H3,(H,22,25). The molecule has 3 aliphatic rings. The van der Waals surface area contributed by atoms with Crippen LogP contribution >= 0.6 is 0 Å². The van der Waals surface area contributed by atoms with Crippen LogP contribution in [0.3, 0.4) is 0 Å². The van der Waals surface area contributed by atoms with Crippen molar-refractivity contribution in [3.05, 3.63) is 33.8 Å². The van der Waals surface area contributed by atoms with E-state index in [4.69, 9.17) is 4.98 Å². The third-order valence-electron chi connectivity index (χ3n) is 6.16. The molecule has 2 aromatic heterocycles. The third-order valence-corrected chi connectivity index (χ3v) is 6.16. The summed E-state index contributed by atoms with van der Waals surface area (Å²) in [5, 5.41) is 6.95. The summed E-state index contributed by atoms with van der Waals surface area (Å²) in [6.45, 7) is 0.936. The van der Waals surface area contributed by atoms with Gasteiger partial charge in [0.1, 0.15) is 0 Å². The van der Waals surface area contributed by atoms with Crippen molar-refractivity contribution in [2.75, 3.05) is 11.4 Å². The normalized spacial score (nSPS) is 26.0. The number of fused-ring (bicyclic) bond motifs is 1. The summed E-state index contributed by atoms with van der Waals surface area (Å²) in [6.07, 6.45) is 10.3. The highest BCUT2D eigenvalue weighted by molar-refractivity contribution is 5.39. The lowest BCUT2D eigenvalue weighted by atomic mass is 9.94. The summed E-state index contributed by atoms with van der Waals surface area (Å²) in [6, 6.07) is 0.0955. The number of hydrogen-bond acceptors (Lipinski definition) is 5. The predicted molar refractivity (Wildman–Crippen MR) is 93.4 cm³/mol. The minimum absolute atomic E-state index is 0.0955. The molecule has 2 atom stereocenters. The minimum atomic E-state index is -0.150. The molecule has 0 spiro atoms. The Balaban J connectivity index is 1.55. The number of aryl methyl sites for hydroxylation is 2. The van der Waals surface area contributed by atoms with Gasteiger partial charge in [0, 0.05) is 25.5 Å². The van der Waals surface area contributed by atoms with Crippen LogP contribution in [0.1, 0.15) is 55.2 Å². The first-order valence-corrected chi connectivity index (χ1v) is 9.45. The van der Waals surface area contributed by atoms with Gasteiger partial charge in [-0.15, -0.1) is 0 Å². The summed E-state index contributed by atoms with van der Waals surface area (Å²) in [5.74, 6) is 2.91. The smallest absolute Gasteiger partial charge is 0.330 e. The first-order chi connectivity index (χ1) is 12.2. The van der Waals surface area contributed by atoms with E-state index < -0.39 is 0 Å². The van der Waals surface area contributed by atoms with Crippen molar-refractivity contribution in [1.82, 2.24) is 24.7 Å². The zero-order chi connectivity index (χ0) is 17.0. The zero-order valence-corrected chi connectivity index (χ0v) is 14.6. The van der Waals surface area contributed by atoms with Gasteiger partial charge >= 0.3 is 5.69 Å². The van der Waals surface area contributed by atoms with Crippen LogP contribution in [0, 0.1) is 11.8 Å². The molecule has 0 aromatic carbocycles. The van der Waals surface area contributed by atoms with Gasteiger partial charge in [0.2, 0.25) is 5.95 Å². The quantitative estimate of drug-likeness (QED) is 0.921. The van der Waals surface area contributed by atoms with Crippen LogP contribution in [0.2, 0.25) is 0 Å². The third kappa shape index (κ3) is 2.48. The average Bonchev–Trinajstić information content (AvgIpc) is 3.32. The van der Waals surface area contributed by atoms with Crippen molar-refractivity contribution >= 4 is 5.95 Å². The van der Waals surface area contributed by atoms with Crippen molar-refractivity contribution in [2.24, 2.45) is 18.9 Å². The van der Waals surface area contributed by atoms with Crippen LogP contribution in [0.25, 0.3) is 0 Å². The Morgan fingerprint density at radius 1 is 1.20 bits per heavy atom. The molecule has 7 heteroatoms. The second kappa shape index (κ2) is 5.68. The van der Waals surface area contributed by atoms with Gasteiger partial charge in [0.15, 0.2) is 5.82 Å². The van der Waals surface area contributed by atoms with Gasteiger partial charge in [-0.25, -0.2) is 19.9 Å². The van der Waals surface area contributed by atoms with Gasteiger partial charge < -0.3 is 4.90 Å². The summed E-state index contributed by atoms with van der Waals surface area (Å²) >= 11 is 0. The van der Waals surface area contributed by atoms with Crippen LogP contribution in [-0.2, 0) is 19.9 Å². The van der Waals surface area contributed by atoms with E-state index >= 15 is 0 Å². The number of anilines is 1. The molecule has 132 valence electrons. The van der Waals surface area contributed by atoms with Crippen LogP contribution in [0.4, 0.5) is 5.95 Å². The molecule has 7 nitrogen and oxygen atoms in total. The monoisotopic (exact) mass is 340 g/mol. The summed E-state index contributed by atoms with van der Waals surface area (Å²) < 4.78 is 1.65. The van der Waals surface area contributed by atoms with Gasteiger partial charge in [-0.05, 0) is 62.3 Å². The first kappa shape index (κ1) is 15.1. The molecule has 0 bridgehead atoms. The molecular formula is C18H24N6O. The second-order valence-corrected chi connectivity index (χ2v) is 7.72. The molecular weight excluding hydrogens is 316 g/mol. The van der Waals surface area contributed by atoms with Gasteiger partial charge in [-0.2, -0.15) is 5.10 Å². The van der Waals surface area contributed by atoms with E-state index in [1.807, 2.05) is 6.20 Å². The van der Waals surface area contributed by atoms with Gasteiger partial charge in [-0.1, -0.05) is 0 Å². The molecule has 1 N–H and O–H groups in total. The van der Waals surface area contributed by atoms with Crippen molar-refractivity contribution in [2.45, 2.75) is 51.0 Å². The Bertz CT molecular complexity index is 851. The molecule has 2 fully saturated rings. The number of aromatic amines is 1. The molecule has 1 aliphatic heterocycles. The summed E-state index contributed by atoms with van der Waals surface area (Å²) in [7, 11) is 1.80. The topological polar surface area (TPSA) is 79.7 Å². The maximum atomic E-state index is 11.9. The number of aromatic nitrogens is 5. The number of nitrogens with zero attached hydrogens (tertiary/aromatic N) is 5. The van der Waals surface area contributed by atoms with E-state index in [1.54, 1.807) is 11.6 Å².